The maximum absolute atomic E-state index is 16.5. The highest BCUT2D eigenvalue weighted by molar-refractivity contribution is 6.90. The van der Waals surface area contributed by atoms with Gasteiger partial charge in [0.1, 0.15) is 6.10 Å². The highest BCUT2D eigenvalue weighted by Gasteiger charge is 2.56. The van der Waals surface area contributed by atoms with Crippen molar-refractivity contribution in [3.05, 3.63) is 62.4 Å². The van der Waals surface area contributed by atoms with E-state index in [0.717, 1.165) is 10.1 Å². The molecule has 1 aromatic heterocycles. The first-order valence-corrected chi connectivity index (χ1v) is 15.6. The first-order valence-electron chi connectivity index (χ1n) is 13.7. The van der Waals surface area contributed by atoms with Crippen LogP contribution < -0.4 is 21.8 Å². The molecule has 1 aliphatic rings. The van der Waals surface area contributed by atoms with Crippen LogP contribution in [0.4, 0.5) is 4.11 Å². The third-order valence-corrected chi connectivity index (χ3v) is 13.1. The van der Waals surface area contributed by atoms with Crippen LogP contribution in [0.15, 0.2) is 40.1 Å². The molecule has 0 unspecified atom stereocenters. The SMILES string of the molecule is Cc1cn([C@@]2(C)C[C@H](O)[C@H](O)O2)c(=O)n(CCCNC(=O)Cc2ccc([Si](F)(C(C)(C)C)C(C)(C)C)cc2)c1=O. The monoisotopic (exact) mass is 577 g/mol. The third kappa shape index (κ3) is 6.17. The molecule has 3 atom stereocenters. The summed E-state index contributed by atoms with van der Waals surface area (Å²) in [7, 11) is -3.38. The highest BCUT2D eigenvalue weighted by Crippen LogP contribution is 2.51. The van der Waals surface area contributed by atoms with Gasteiger partial charge in [-0.05, 0) is 41.1 Å². The molecule has 1 aromatic carbocycles. The van der Waals surface area contributed by atoms with E-state index in [1.807, 2.05) is 65.8 Å². The summed E-state index contributed by atoms with van der Waals surface area (Å²) in [5.41, 5.74) is -1.29. The average molecular weight is 578 g/mol. The second-order valence-electron chi connectivity index (χ2n) is 13.1. The van der Waals surface area contributed by atoms with E-state index in [1.54, 1.807) is 13.8 Å². The Labute approximate surface area is 236 Å². The Balaban J connectivity index is 1.63. The summed E-state index contributed by atoms with van der Waals surface area (Å²) >= 11 is 0. The molecule has 0 bridgehead atoms. The predicted molar refractivity (Wildman–Crippen MR) is 155 cm³/mol. The number of aliphatic hydroxyl groups excluding tert-OH is 2. The standard InChI is InChI=1S/C29H44FN3O6Si/c1-19-18-33(29(8)17-22(34)25(37)39-29)26(38)32(24(19)36)15-9-14-31-23(35)16-20-10-12-21(13-11-20)40(30,27(2,3)4)28(5,6)7/h10-13,18,22,25,34,37H,9,14-17H2,1-8H3,(H,31,35)/t22-,25+,29+/m0/s1. The lowest BCUT2D eigenvalue weighted by Gasteiger charge is -2.44. The van der Waals surface area contributed by atoms with Gasteiger partial charge < -0.3 is 24.4 Å². The number of benzene rings is 1. The van der Waals surface area contributed by atoms with Crippen LogP contribution in [0.1, 0.15) is 72.4 Å². The van der Waals surface area contributed by atoms with Gasteiger partial charge in [0, 0.05) is 31.3 Å². The number of nitrogens with one attached hydrogen (secondary N) is 1. The molecule has 0 aliphatic carbocycles. The van der Waals surface area contributed by atoms with Crippen molar-refractivity contribution in [1.82, 2.24) is 14.5 Å². The Hall–Kier alpha value is -2.60. The van der Waals surface area contributed by atoms with Gasteiger partial charge in [-0.3, -0.25) is 18.7 Å². The lowest BCUT2D eigenvalue weighted by molar-refractivity contribution is -0.181. The number of aromatic nitrogens is 2. The van der Waals surface area contributed by atoms with Crippen LogP contribution in [-0.4, -0.2) is 52.6 Å². The molecule has 1 amide bonds. The summed E-state index contributed by atoms with van der Waals surface area (Å²) in [5, 5.41) is 22.3. The molecule has 0 saturated carbocycles. The van der Waals surface area contributed by atoms with E-state index in [-0.39, 0.29) is 31.8 Å². The largest absolute Gasteiger partial charge is 0.388 e. The van der Waals surface area contributed by atoms with Crippen LogP contribution in [0.5, 0.6) is 0 Å². The smallest absolute Gasteiger partial charge is 0.333 e. The summed E-state index contributed by atoms with van der Waals surface area (Å²) in [6.07, 6.45) is -0.755. The van der Waals surface area contributed by atoms with Gasteiger partial charge in [-0.2, -0.15) is 0 Å². The van der Waals surface area contributed by atoms with Gasteiger partial charge in [0.2, 0.25) is 5.91 Å². The molecule has 1 fully saturated rings. The van der Waals surface area contributed by atoms with Gasteiger partial charge in [0.05, 0.1) is 6.42 Å². The fraction of sp³-hybridized carbons (Fsp3) is 0.621. The number of halogens is 1. The number of carbonyl (C=O) groups is 1. The van der Waals surface area contributed by atoms with E-state index < -0.39 is 47.9 Å². The number of nitrogens with zero attached hydrogens (tertiary/aromatic N) is 2. The van der Waals surface area contributed by atoms with Gasteiger partial charge in [-0.25, -0.2) is 4.79 Å². The molecule has 2 heterocycles. The van der Waals surface area contributed by atoms with E-state index >= 15 is 4.11 Å². The minimum atomic E-state index is -3.38. The quantitative estimate of drug-likeness (QED) is 0.252. The number of ether oxygens (including phenoxy) is 1. The van der Waals surface area contributed by atoms with Crippen molar-refractivity contribution in [3.63, 3.8) is 0 Å². The van der Waals surface area contributed by atoms with Crippen LogP contribution in [-0.2, 0) is 28.2 Å². The zero-order valence-electron chi connectivity index (χ0n) is 24.9. The molecule has 1 saturated heterocycles. The first kappa shape index (κ1) is 31.9. The van der Waals surface area contributed by atoms with Crippen molar-refractivity contribution in [1.29, 1.82) is 0 Å². The number of carbonyl (C=O) groups excluding carboxylic acids is 1. The molecule has 40 heavy (non-hydrogen) atoms. The average Bonchev–Trinajstić information content (AvgIpc) is 3.11. The van der Waals surface area contributed by atoms with E-state index in [2.05, 4.69) is 5.32 Å². The summed E-state index contributed by atoms with van der Waals surface area (Å²) in [6, 6.07) is 7.24. The van der Waals surface area contributed by atoms with E-state index in [9.17, 15) is 24.6 Å². The second-order valence-corrected chi connectivity index (χ2v) is 18.0. The van der Waals surface area contributed by atoms with Crippen LogP contribution >= 0.6 is 0 Å². The minimum Gasteiger partial charge on any atom is -0.388 e. The maximum atomic E-state index is 16.5. The summed E-state index contributed by atoms with van der Waals surface area (Å²) in [5.74, 6) is -0.216. The minimum absolute atomic E-state index is 0.0103. The molecule has 222 valence electrons. The van der Waals surface area contributed by atoms with Crippen molar-refractivity contribution in [3.8, 4) is 0 Å². The van der Waals surface area contributed by atoms with E-state index in [1.165, 1.54) is 10.8 Å². The van der Waals surface area contributed by atoms with Crippen LogP contribution in [0.2, 0.25) is 10.1 Å². The summed E-state index contributed by atoms with van der Waals surface area (Å²) < 4.78 is 24.2. The molecule has 3 N–H and O–H groups in total. The van der Waals surface area contributed by atoms with Crippen LogP contribution in [0, 0.1) is 6.92 Å². The number of aliphatic hydroxyl groups is 2. The van der Waals surface area contributed by atoms with Gasteiger partial charge in [0.15, 0.2) is 12.0 Å². The van der Waals surface area contributed by atoms with Gasteiger partial charge in [-0.1, -0.05) is 65.8 Å². The van der Waals surface area contributed by atoms with E-state index in [0.29, 0.717) is 17.2 Å². The topological polar surface area (TPSA) is 123 Å². The second kappa shape index (κ2) is 11.3. The van der Waals surface area contributed by atoms with Gasteiger partial charge in [0.25, 0.3) is 14.0 Å². The molecule has 0 radical (unpaired) electrons. The molecule has 9 nitrogen and oxygen atoms in total. The van der Waals surface area contributed by atoms with Crippen molar-refractivity contribution in [2.45, 2.75) is 109 Å². The Morgan fingerprint density at radius 3 is 2.20 bits per heavy atom. The number of aryl methyl sites for hydroxylation is 1. The Morgan fingerprint density at radius 1 is 1.12 bits per heavy atom. The van der Waals surface area contributed by atoms with Gasteiger partial charge >= 0.3 is 5.69 Å². The Morgan fingerprint density at radius 2 is 1.70 bits per heavy atom. The fourth-order valence-corrected chi connectivity index (χ4v) is 10.5. The molecular formula is C29H44FN3O6Si. The van der Waals surface area contributed by atoms with Gasteiger partial charge in [-0.15, -0.1) is 0 Å². The maximum Gasteiger partial charge on any atom is 0.333 e. The van der Waals surface area contributed by atoms with Crippen molar-refractivity contribution in [2.24, 2.45) is 0 Å². The fourth-order valence-electron chi connectivity index (χ4n) is 5.86. The zero-order valence-corrected chi connectivity index (χ0v) is 25.9. The molecule has 3 rings (SSSR count). The first-order chi connectivity index (χ1) is 18.3. The van der Waals surface area contributed by atoms with Crippen LogP contribution in [0.25, 0.3) is 0 Å². The summed E-state index contributed by atoms with van der Waals surface area (Å²) in [6.45, 7) is 15.1. The third-order valence-electron chi connectivity index (χ3n) is 7.81. The molecule has 0 spiro atoms. The molecule has 1 aliphatic heterocycles. The molecular weight excluding hydrogens is 533 g/mol. The Bertz CT molecular complexity index is 1320. The number of amides is 1. The number of hydrogen-bond donors (Lipinski definition) is 3. The zero-order chi connectivity index (χ0) is 30.3. The van der Waals surface area contributed by atoms with E-state index in [4.69, 9.17) is 4.74 Å². The Kier molecular flexibility index (Phi) is 9.05. The van der Waals surface area contributed by atoms with Crippen molar-refractivity contribution in [2.75, 3.05) is 6.54 Å². The molecule has 2 aromatic rings. The lowest BCUT2D eigenvalue weighted by Crippen LogP contribution is -2.57. The van der Waals surface area contributed by atoms with Crippen molar-refractivity contribution < 1.29 is 23.9 Å². The lowest BCUT2D eigenvalue weighted by atomic mass is 10.1. The van der Waals surface area contributed by atoms with Crippen molar-refractivity contribution >= 4 is 19.5 Å². The van der Waals surface area contributed by atoms with Crippen LogP contribution in [0.3, 0.4) is 0 Å². The summed E-state index contributed by atoms with van der Waals surface area (Å²) in [4.78, 5) is 38.4. The predicted octanol–water partition coefficient (Wildman–Crippen LogP) is 2.56. The highest BCUT2D eigenvalue weighted by atomic mass is 28.4. The number of hydrogen-bond acceptors (Lipinski definition) is 6. The normalized spacial score (nSPS) is 22.0. The molecule has 11 heteroatoms. The number of rotatable bonds is 8.